The van der Waals surface area contributed by atoms with Crippen LogP contribution in [0.3, 0.4) is 0 Å². The topological polar surface area (TPSA) is 55.4 Å². The van der Waals surface area contributed by atoms with E-state index in [1.807, 2.05) is 43.3 Å². The van der Waals surface area contributed by atoms with Gasteiger partial charge in [-0.2, -0.15) is 0 Å². The number of benzene rings is 2. The molecule has 0 bridgehead atoms. The van der Waals surface area contributed by atoms with Gasteiger partial charge in [0.1, 0.15) is 0 Å². The van der Waals surface area contributed by atoms with Crippen LogP contribution in [0.5, 0.6) is 0 Å². The zero-order valence-corrected chi connectivity index (χ0v) is 17.1. The largest absolute Gasteiger partial charge is 0.452 e. The van der Waals surface area contributed by atoms with Gasteiger partial charge in [0.2, 0.25) is 0 Å². The molecule has 0 unspecified atom stereocenters. The van der Waals surface area contributed by atoms with E-state index >= 15 is 0 Å². The Bertz CT molecular complexity index is 747. The molecule has 1 atom stereocenters. The third-order valence-corrected chi connectivity index (χ3v) is 5.21. The van der Waals surface area contributed by atoms with E-state index in [1.54, 1.807) is 23.9 Å². The zero-order chi connectivity index (χ0) is 19.6. The first-order valence-corrected chi connectivity index (χ1v) is 10.3. The van der Waals surface area contributed by atoms with Crippen LogP contribution in [-0.4, -0.2) is 24.5 Å². The fourth-order valence-corrected chi connectivity index (χ4v) is 3.45. The van der Waals surface area contributed by atoms with Crippen LogP contribution in [0.2, 0.25) is 5.02 Å². The number of rotatable bonds is 9. The summed E-state index contributed by atoms with van der Waals surface area (Å²) < 4.78 is 5.08. The van der Waals surface area contributed by atoms with Crippen molar-refractivity contribution >= 4 is 35.2 Å². The van der Waals surface area contributed by atoms with E-state index in [0.717, 1.165) is 34.1 Å². The molecule has 0 spiro atoms. The molecule has 1 N–H and O–H groups in total. The quantitative estimate of drug-likeness (QED) is 0.466. The minimum atomic E-state index is -0.495. The number of hydrogen-bond acceptors (Lipinski definition) is 4. The molecule has 2 rings (SSSR count). The zero-order valence-electron chi connectivity index (χ0n) is 15.5. The van der Waals surface area contributed by atoms with E-state index in [-0.39, 0.29) is 18.6 Å². The normalized spacial score (nSPS) is 11.7. The van der Waals surface area contributed by atoms with Gasteiger partial charge >= 0.3 is 5.97 Å². The maximum Gasteiger partial charge on any atom is 0.338 e. The molecular formula is C21H24ClNO3S. The summed E-state index contributed by atoms with van der Waals surface area (Å²) in [6.07, 6.45) is 1.89. The van der Waals surface area contributed by atoms with E-state index in [1.165, 1.54) is 0 Å². The van der Waals surface area contributed by atoms with Crippen molar-refractivity contribution in [2.24, 2.45) is 0 Å². The lowest BCUT2D eigenvalue weighted by molar-refractivity contribution is -0.124. The first-order chi connectivity index (χ1) is 13.0. The third kappa shape index (κ3) is 7.65. The van der Waals surface area contributed by atoms with Crippen molar-refractivity contribution in [3.05, 3.63) is 64.7 Å². The van der Waals surface area contributed by atoms with Crippen LogP contribution in [0, 0.1) is 0 Å². The number of esters is 1. The number of nitrogens with one attached hydrogen (secondary N) is 1. The summed E-state index contributed by atoms with van der Waals surface area (Å²) in [5.41, 5.74) is 1.53. The van der Waals surface area contributed by atoms with Gasteiger partial charge in [0.25, 0.3) is 5.91 Å². The predicted molar refractivity (Wildman–Crippen MR) is 110 cm³/mol. The molecule has 144 valence electrons. The lowest BCUT2D eigenvalue weighted by Gasteiger charge is -2.12. The van der Waals surface area contributed by atoms with Crippen LogP contribution in [0.1, 0.15) is 42.6 Å². The molecule has 0 heterocycles. The van der Waals surface area contributed by atoms with Gasteiger partial charge < -0.3 is 10.1 Å². The van der Waals surface area contributed by atoms with Crippen LogP contribution in [0.15, 0.2) is 53.4 Å². The maximum atomic E-state index is 12.1. The summed E-state index contributed by atoms with van der Waals surface area (Å²) in [6, 6.07) is 15.0. The molecule has 6 heteroatoms. The van der Waals surface area contributed by atoms with Crippen molar-refractivity contribution in [2.45, 2.75) is 43.4 Å². The van der Waals surface area contributed by atoms with Gasteiger partial charge in [0.15, 0.2) is 6.61 Å². The molecule has 2 aromatic carbocycles. The Kier molecular flexibility index (Phi) is 8.69. The monoisotopic (exact) mass is 405 g/mol. The smallest absolute Gasteiger partial charge is 0.338 e. The van der Waals surface area contributed by atoms with Gasteiger partial charge in [-0.1, -0.05) is 37.1 Å². The average Bonchev–Trinajstić information content (AvgIpc) is 2.66. The van der Waals surface area contributed by atoms with Gasteiger partial charge in [-0.15, -0.1) is 11.8 Å². The number of hydrogen-bond donors (Lipinski definition) is 1. The Morgan fingerprint density at radius 2 is 1.78 bits per heavy atom. The average molecular weight is 406 g/mol. The molecule has 2 aromatic rings. The first kappa shape index (κ1) is 21.3. The van der Waals surface area contributed by atoms with E-state index in [2.05, 4.69) is 12.2 Å². The molecule has 4 nitrogen and oxygen atoms in total. The first-order valence-electron chi connectivity index (χ1n) is 8.91. The number of ether oxygens (including phenoxy) is 1. The fourth-order valence-electron chi connectivity index (χ4n) is 2.47. The highest BCUT2D eigenvalue weighted by atomic mass is 35.5. The van der Waals surface area contributed by atoms with E-state index in [9.17, 15) is 9.59 Å². The van der Waals surface area contributed by atoms with Gasteiger partial charge in [-0.25, -0.2) is 4.79 Å². The van der Waals surface area contributed by atoms with Crippen LogP contribution < -0.4 is 5.32 Å². The van der Waals surface area contributed by atoms with Crippen molar-refractivity contribution in [1.82, 2.24) is 5.32 Å². The molecular weight excluding hydrogens is 382 g/mol. The molecule has 0 fully saturated rings. The number of carbonyl (C=O) groups excluding carboxylic acids is 2. The highest BCUT2D eigenvalue weighted by Gasteiger charge is 2.12. The Morgan fingerprint density at radius 3 is 2.41 bits per heavy atom. The minimum Gasteiger partial charge on any atom is -0.452 e. The number of halogens is 1. The molecule has 0 aliphatic heterocycles. The highest BCUT2D eigenvalue weighted by molar-refractivity contribution is 7.98. The summed E-state index contributed by atoms with van der Waals surface area (Å²) in [5, 5.41) is 3.52. The van der Waals surface area contributed by atoms with E-state index in [0.29, 0.717) is 5.56 Å². The second-order valence-corrected chi connectivity index (χ2v) is 7.76. The van der Waals surface area contributed by atoms with Crippen LogP contribution in [0.25, 0.3) is 0 Å². The van der Waals surface area contributed by atoms with Crippen molar-refractivity contribution in [1.29, 1.82) is 0 Å². The molecule has 0 aromatic heterocycles. The molecule has 0 aliphatic carbocycles. The summed E-state index contributed by atoms with van der Waals surface area (Å²) in [4.78, 5) is 25.0. The number of carbonyl (C=O) groups is 2. The molecule has 27 heavy (non-hydrogen) atoms. The lowest BCUT2D eigenvalue weighted by Crippen LogP contribution is -2.35. The fraction of sp³-hybridized carbons (Fsp3) is 0.333. The predicted octanol–water partition coefficient (Wildman–Crippen LogP) is 5.09. The summed E-state index contributed by atoms with van der Waals surface area (Å²) in [7, 11) is 0. The SMILES string of the molecule is CCC[C@@H](C)NC(=O)COC(=O)c1ccc(CSc2ccc(Cl)cc2)cc1. The lowest BCUT2D eigenvalue weighted by atomic mass is 10.1. The second-order valence-electron chi connectivity index (χ2n) is 6.27. The second kappa shape index (κ2) is 11.0. The van der Waals surface area contributed by atoms with Crippen molar-refractivity contribution in [3.63, 3.8) is 0 Å². The van der Waals surface area contributed by atoms with Crippen LogP contribution in [0.4, 0.5) is 0 Å². The maximum absolute atomic E-state index is 12.1. The van der Waals surface area contributed by atoms with Crippen LogP contribution in [-0.2, 0) is 15.3 Å². The van der Waals surface area contributed by atoms with E-state index in [4.69, 9.17) is 16.3 Å². The summed E-state index contributed by atoms with van der Waals surface area (Å²) in [6.45, 7) is 3.73. The van der Waals surface area contributed by atoms with Gasteiger partial charge in [-0.3, -0.25) is 4.79 Å². The Balaban J connectivity index is 1.79. The molecule has 1 amide bonds. The Hall–Kier alpha value is -1.98. The van der Waals surface area contributed by atoms with Gasteiger partial charge in [0.05, 0.1) is 5.56 Å². The van der Waals surface area contributed by atoms with Gasteiger partial charge in [0, 0.05) is 21.7 Å². The summed E-state index contributed by atoms with van der Waals surface area (Å²) >= 11 is 7.57. The standard InChI is InChI=1S/C21H24ClNO3S/c1-3-4-15(2)23-20(24)13-26-21(25)17-7-5-16(6-8-17)14-27-19-11-9-18(22)10-12-19/h5-12,15H,3-4,13-14H2,1-2H3,(H,23,24)/t15-/m1/s1. The number of thioether (sulfide) groups is 1. The summed E-state index contributed by atoms with van der Waals surface area (Å²) in [5.74, 6) is 0.0137. The third-order valence-electron chi connectivity index (χ3n) is 3.87. The highest BCUT2D eigenvalue weighted by Crippen LogP contribution is 2.24. The molecule has 0 saturated heterocycles. The van der Waals surface area contributed by atoms with Crippen molar-refractivity contribution in [3.8, 4) is 0 Å². The molecule has 0 radical (unpaired) electrons. The minimum absolute atomic E-state index is 0.0821. The molecule has 0 saturated carbocycles. The molecule has 0 aliphatic rings. The van der Waals surface area contributed by atoms with Crippen LogP contribution >= 0.6 is 23.4 Å². The Morgan fingerprint density at radius 1 is 1.11 bits per heavy atom. The Labute approximate surface area is 169 Å². The van der Waals surface area contributed by atoms with Crippen molar-refractivity contribution in [2.75, 3.05) is 6.61 Å². The van der Waals surface area contributed by atoms with E-state index < -0.39 is 5.97 Å². The van der Waals surface area contributed by atoms with Crippen molar-refractivity contribution < 1.29 is 14.3 Å². The van der Waals surface area contributed by atoms with Gasteiger partial charge in [-0.05, 0) is 55.3 Å². The number of amides is 1.